The molecule has 0 spiro atoms. The first-order valence-corrected chi connectivity index (χ1v) is 7.60. The summed E-state index contributed by atoms with van der Waals surface area (Å²) in [5, 5.41) is 0.958. The summed E-state index contributed by atoms with van der Waals surface area (Å²) in [6, 6.07) is 8.50. The lowest BCUT2D eigenvalue weighted by atomic mass is 10.0. The standard InChI is InChI=1S/C13H16Br2O/c14-7-12(9-16-8-10-1-2-10)11-3-5-13(15)6-4-11/h3-6,10,12H,1-2,7-9H2. The van der Waals surface area contributed by atoms with Gasteiger partial charge in [0.05, 0.1) is 6.61 Å². The van der Waals surface area contributed by atoms with Crippen molar-refractivity contribution in [1.29, 1.82) is 0 Å². The van der Waals surface area contributed by atoms with E-state index in [0.717, 1.165) is 28.9 Å². The Labute approximate surface area is 114 Å². The van der Waals surface area contributed by atoms with Gasteiger partial charge in [0.2, 0.25) is 0 Å². The first-order chi connectivity index (χ1) is 7.79. The number of alkyl halides is 1. The molecule has 1 saturated carbocycles. The topological polar surface area (TPSA) is 9.23 Å². The highest BCUT2D eigenvalue weighted by molar-refractivity contribution is 9.10. The Morgan fingerprint density at radius 2 is 1.94 bits per heavy atom. The number of hydrogen-bond donors (Lipinski definition) is 0. The number of rotatable bonds is 6. The molecule has 2 rings (SSSR count). The number of halogens is 2. The highest BCUT2D eigenvalue weighted by Gasteiger charge is 2.21. The molecule has 0 heterocycles. The molecule has 0 N–H and O–H groups in total. The molecule has 0 amide bonds. The van der Waals surface area contributed by atoms with Gasteiger partial charge in [-0.2, -0.15) is 0 Å². The molecule has 1 aliphatic carbocycles. The van der Waals surface area contributed by atoms with E-state index in [2.05, 4.69) is 56.1 Å². The van der Waals surface area contributed by atoms with Crippen LogP contribution in [0.4, 0.5) is 0 Å². The lowest BCUT2D eigenvalue weighted by Crippen LogP contribution is -2.10. The zero-order chi connectivity index (χ0) is 11.4. The molecule has 0 aromatic heterocycles. The van der Waals surface area contributed by atoms with Gasteiger partial charge in [-0.3, -0.25) is 0 Å². The van der Waals surface area contributed by atoms with Gasteiger partial charge in [-0.1, -0.05) is 44.0 Å². The summed E-state index contributed by atoms with van der Waals surface area (Å²) in [4.78, 5) is 0. The molecule has 0 bridgehead atoms. The zero-order valence-corrected chi connectivity index (χ0v) is 12.3. The minimum Gasteiger partial charge on any atom is -0.380 e. The molecular formula is C13H16Br2O. The molecule has 3 heteroatoms. The summed E-state index contributed by atoms with van der Waals surface area (Å²) in [6.07, 6.45) is 2.72. The van der Waals surface area contributed by atoms with Crippen LogP contribution in [0.25, 0.3) is 0 Å². The van der Waals surface area contributed by atoms with E-state index in [0.29, 0.717) is 5.92 Å². The number of hydrogen-bond acceptors (Lipinski definition) is 1. The van der Waals surface area contributed by atoms with Crippen molar-refractivity contribution < 1.29 is 4.74 Å². The second kappa shape index (κ2) is 6.18. The maximum atomic E-state index is 5.75. The molecule has 88 valence electrons. The van der Waals surface area contributed by atoms with Crippen molar-refractivity contribution in [2.24, 2.45) is 5.92 Å². The number of benzene rings is 1. The first-order valence-electron chi connectivity index (χ1n) is 5.68. The van der Waals surface area contributed by atoms with E-state index in [9.17, 15) is 0 Å². The van der Waals surface area contributed by atoms with Gasteiger partial charge in [0, 0.05) is 22.3 Å². The van der Waals surface area contributed by atoms with Crippen LogP contribution < -0.4 is 0 Å². The van der Waals surface area contributed by atoms with Crippen molar-refractivity contribution in [3.05, 3.63) is 34.3 Å². The average Bonchev–Trinajstić information content (AvgIpc) is 3.10. The van der Waals surface area contributed by atoms with E-state index >= 15 is 0 Å². The van der Waals surface area contributed by atoms with Crippen molar-refractivity contribution in [1.82, 2.24) is 0 Å². The second-order valence-electron chi connectivity index (χ2n) is 4.38. The molecule has 16 heavy (non-hydrogen) atoms. The van der Waals surface area contributed by atoms with Crippen molar-refractivity contribution >= 4 is 31.9 Å². The lowest BCUT2D eigenvalue weighted by molar-refractivity contribution is 0.115. The van der Waals surface area contributed by atoms with Gasteiger partial charge in [0.15, 0.2) is 0 Å². The SMILES string of the molecule is BrCC(COCC1CC1)c1ccc(Br)cc1. The van der Waals surface area contributed by atoms with Gasteiger partial charge in [0.25, 0.3) is 0 Å². The summed E-state index contributed by atoms with van der Waals surface area (Å²) in [5.74, 6) is 1.31. The Morgan fingerprint density at radius 3 is 2.50 bits per heavy atom. The third-order valence-corrected chi connectivity index (χ3v) is 4.21. The van der Waals surface area contributed by atoms with E-state index in [4.69, 9.17) is 4.74 Å². The van der Waals surface area contributed by atoms with E-state index in [1.54, 1.807) is 0 Å². The molecule has 1 aromatic carbocycles. The maximum absolute atomic E-state index is 5.75. The highest BCUT2D eigenvalue weighted by atomic mass is 79.9. The Hall–Kier alpha value is 0.140. The normalized spacial score (nSPS) is 17.4. The van der Waals surface area contributed by atoms with Crippen LogP contribution in [0.15, 0.2) is 28.7 Å². The second-order valence-corrected chi connectivity index (χ2v) is 5.95. The van der Waals surface area contributed by atoms with Crippen LogP contribution in [0.3, 0.4) is 0 Å². The van der Waals surface area contributed by atoms with Gasteiger partial charge < -0.3 is 4.74 Å². The van der Waals surface area contributed by atoms with E-state index in [1.807, 2.05) is 0 Å². The molecule has 1 atom stereocenters. The summed E-state index contributed by atoms with van der Waals surface area (Å²) < 4.78 is 6.88. The molecule has 1 nitrogen and oxygen atoms in total. The predicted octanol–water partition coefficient (Wildman–Crippen LogP) is 4.35. The van der Waals surface area contributed by atoms with Gasteiger partial charge in [0.1, 0.15) is 0 Å². The monoisotopic (exact) mass is 346 g/mol. The summed E-state index contributed by atoms with van der Waals surface area (Å²) in [6.45, 7) is 1.77. The summed E-state index contributed by atoms with van der Waals surface area (Å²) in [5.41, 5.74) is 1.34. The Bertz CT molecular complexity index is 319. The largest absolute Gasteiger partial charge is 0.380 e. The fourth-order valence-corrected chi connectivity index (χ4v) is 2.45. The summed E-state index contributed by atoms with van der Waals surface area (Å²) >= 11 is 7.02. The molecule has 1 aliphatic rings. The average molecular weight is 348 g/mol. The Balaban J connectivity index is 1.84. The quantitative estimate of drug-likeness (QED) is 0.695. The van der Waals surface area contributed by atoms with Crippen LogP contribution in [0.5, 0.6) is 0 Å². The van der Waals surface area contributed by atoms with E-state index in [-0.39, 0.29) is 0 Å². The minimum absolute atomic E-state index is 0.465. The molecule has 0 aliphatic heterocycles. The maximum Gasteiger partial charge on any atom is 0.0542 e. The van der Waals surface area contributed by atoms with Gasteiger partial charge in [-0.15, -0.1) is 0 Å². The van der Waals surface area contributed by atoms with Gasteiger partial charge >= 0.3 is 0 Å². The van der Waals surface area contributed by atoms with Crippen molar-refractivity contribution in [2.45, 2.75) is 18.8 Å². The summed E-state index contributed by atoms with van der Waals surface area (Å²) in [7, 11) is 0. The van der Waals surface area contributed by atoms with Crippen LogP contribution in [0.2, 0.25) is 0 Å². The van der Waals surface area contributed by atoms with Crippen molar-refractivity contribution in [3.8, 4) is 0 Å². The van der Waals surface area contributed by atoms with Crippen LogP contribution in [0.1, 0.15) is 24.3 Å². The fraction of sp³-hybridized carbons (Fsp3) is 0.538. The Kier molecular flexibility index (Phi) is 4.86. The van der Waals surface area contributed by atoms with Gasteiger partial charge in [-0.05, 0) is 36.5 Å². The highest BCUT2D eigenvalue weighted by Crippen LogP contribution is 2.29. The molecule has 1 unspecified atom stereocenters. The Morgan fingerprint density at radius 1 is 1.25 bits per heavy atom. The van der Waals surface area contributed by atoms with Gasteiger partial charge in [-0.25, -0.2) is 0 Å². The first kappa shape index (κ1) is 12.6. The molecule has 1 fully saturated rings. The van der Waals surface area contributed by atoms with Crippen molar-refractivity contribution in [2.75, 3.05) is 18.5 Å². The van der Waals surface area contributed by atoms with Crippen LogP contribution in [-0.4, -0.2) is 18.5 Å². The smallest absolute Gasteiger partial charge is 0.0542 e. The predicted molar refractivity (Wildman–Crippen MR) is 74.2 cm³/mol. The molecule has 0 saturated heterocycles. The fourth-order valence-electron chi connectivity index (χ4n) is 1.63. The van der Waals surface area contributed by atoms with E-state index < -0.39 is 0 Å². The minimum atomic E-state index is 0.465. The lowest BCUT2D eigenvalue weighted by Gasteiger charge is -2.14. The van der Waals surface area contributed by atoms with Crippen LogP contribution >= 0.6 is 31.9 Å². The van der Waals surface area contributed by atoms with Crippen LogP contribution in [-0.2, 0) is 4.74 Å². The molecular weight excluding hydrogens is 332 g/mol. The third kappa shape index (κ3) is 3.86. The number of ether oxygens (including phenoxy) is 1. The van der Waals surface area contributed by atoms with Crippen molar-refractivity contribution in [3.63, 3.8) is 0 Å². The third-order valence-electron chi connectivity index (χ3n) is 2.90. The zero-order valence-electron chi connectivity index (χ0n) is 9.16. The van der Waals surface area contributed by atoms with E-state index in [1.165, 1.54) is 18.4 Å². The van der Waals surface area contributed by atoms with Crippen LogP contribution in [0, 0.1) is 5.92 Å². The molecule has 0 radical (unpaired) electrons. The molecule has 1 aromatic rings.